The van der Waals surface area contributed by atoms with E-state index >= 15 is 0 Å². The maximum Gasteiger partial charge on any atom is 0.258 e. The van der Waals surface area contributed by atoms with E-state index in [0.29, 0.717) is 17.2 Å². The van der Waals surface area contributed by atoms with Gasteiger partial charge in [-0.3, -0.25) is 9.59 Å². The zero-order chi connectivity index (χ0) is 20.1. The van der Waals surface area contributed by atoms with Gasteiger partial charge in [-0.15, -0.1) is 0 Å². The maximum atomic E-state index is 13.9. The van der Waals surface area contributed by atoms with Gasteiger partial charge in [-0.05, 0) is 69.1 Å². The first-order chi connectivity index (χ1) is 13.5. The number of nitrogens with zero attached hydrogens (tertiary/aromatic N) is 1. The van der Waals surface area contributed by atoms with E-state index < -0.39 is 11.7 Å². The summed E-state index contributed by atoms with van der Waals surface area (Å²) in [6.45, 7) is 4.28. The lowest BCUT2D eigenvalue weighted by Gasteiger charge is -2.32. The minimum Gasteiger partial charge on any atom is -0.339 e. The summed E-state index contributed by atoms with van der Waals surface area (Å²) in [5, 5.41) is 5.92. The minimum atomic E-state index is -0.575. The summed E-state index contributed by atoms with van der Waals surface area (Å²) in [5.74, 6) is -0.542. The number of hydrogen-bond donors (Lipinski definition) is 2. The second kappa shape index (κ2) is 8.97. The van der Waals surface area contributed by atoms with Crippen molar-refractivity contribution in [2.24, 2.45) is 5.92 Å². The summed E-state index contributed by atoms with van der Waals surface area (Å²) >= 11 is 0. The van der Waals surface area contributed by atoms with E-state index in [1.54, 1.807) is 24.3 Å². The number of anilines is 1. The third kappa shape index (κ3) is 4.57. The number of hydrogen-bond acceptors (Lipinski definition) is 3. The van der Waals surface area contributed by atoms with Crippen molar-refractivity contribution in [2.45, 2.75) is 19.8 Å². The van der Waals surface area contributed by atoms with Crippen LogP contribution in [0.5, 0.6) is 0 Å². The van der Waals surface area contributed by atoms with E-state index in [4.69, 9.17) is 0 Å². The second-order valence-electron chi connectivity index (χ2n) is 7.26. The van der Waals surface area contributed by atoms with Crippen LogP contribution in [0.15, 0.2) is 42.5 Å². The van der Waals surface area contributed by atoms with E-state index in [1.165, 1.54) is 18.2 Å². The molecular formula is C22H26FN3O2. The molecule has 5 nitrogen and oxygen atoms in total. The molecule has 148 valence electrons. The van der Waals surface area contributed by atoms with Crippen LogP contribution in [-0.2, 0) is 0 Å². The maximum absolute atomic E-state index is 13.9. The van der Waals surface area contributed by atoms with Crippen molar-refractivity contribution in [3.8, 4) is 0 Å². The topological polar surface area (TPSA) is 61.4 Å². The zero-order valence-electron chi connectivity index (χ0n) is 16.3. The molecule has 2 aromatic rings. The fraction of sp³-hybridized carbons (Fsp3) is 0.364. The fourth-order valence-corrected chi connectivity index (χ4v) is 3.54. The van der Waals surface area contributed by atoms with Gasteiger partial charge in [0.25, 0.3) is 11.8 Å². The molecule has 0 spiro atoms. The van der Waals surface area contributed by atoms with Crippen molar-refractivity contribution in [1.82, 2.24) is 10.2 Å². The molecule has 6 heteroatoms. The van der Waals surface area contributed by atoms with E-state index in [2.05, 4.69) is 10.6 Å². The number of likely N-dealkylation sites (tertiary alicyclic amines) is 1. The molecule has 0 aromatic heterocycles. The zero-order valence-corrected chi connectivity index (χ0v) is 16.3. The summed E-state index contributed by atoms with van der Waals surface area (Å²) in [5.41, 5.74) is 1.84. The quantitative estimate of drug-likeness (QED) is 0.831. The van der Waals surface area contributed by atoms with Gasteiger partial charge in [0, 0.05) is 24.3 Å². The van der Waals surface area contributed by atoms with Crippen LogP contribution in [-0.4, -0.2) is 43.4 Å². The summed E-state index contributed by atoms with van der Waals surface area (Å²) in [6, 6.07) is 11.1. The van der Waals surface area contributed by atoms with Gasteiger partial charge < -0.3 is 15.5 Å². The molecule has 2 N–H and O–H groups in total. The summed E-state index contributed by atoms with van der Waals surface area (Å²) in [7, 11) is 1.95. The normalized spacial score (nSPS) is 14.8. The Balaban J connectivity index is 1.72. The highest BCUT2D eigenvalue weighted by molar-refractivity contribution is 6.05. The highest BCUT2D eigenvalue weighted by Crippen LogP contribution is 2.22. The monoisotopic (exact) mass is 383 g/mol. The highest BCUT2D eigenvalue weighted by Gasteiger charge is 2.24. The van der Waals surface area contributed by atoms with Gasteiger partial charge in [-0.1, -0.05) is 18.2 Å². The van der Waals surface area contributed by atoms with E-state index in [1.807, 2.05) is 18.9 Å². The van der Waals surface area contributed by atoms with Crippen LogP contribution in [0, 0.1) is 18.7 Å². The Morgan fingerprint density at radius 1 is 1.14 bits per heavy atom. The molecule has 0 saturated carbocycles. The predicted octanol–water partition coefficient (Wildman–Crippen LogP) is 3.46. The number of amides is 2. The third-order valence-corrected chi connectivity index (χ3v) is 5.25. The molecule has 1 saturated heterocycles. The van der Waals surface area contributed by atoms with Gasteiger partial charge in [0.1, 0.15) is 5.82 Å². The lowest BCUT2D eigenvalue weighted by molar-refractivity contribution is 0.0690. The van der Waals surface area contributed by atoms with Crippen molar-refractivity contribution >= 4 is 17.5 Å². The number of rotatable bonds is 5. The molecular weight excluding hydrogens is 357 g/mol. The van der Waals surface area contributed by atoms with Crippen LogP contribution in [0.1, 0.15) is 39.1 Å². The molecule has 28 heavy (non-hydrogen) atoms. The van der Waals surface area contributed by atoms with Crippen LogP contribution in [0.25, 0.3) is 0 Å². The van der Waals surface area contributed by atoms with Crippen LogP contribution in [0.4, 0.5) is 10.1 Å². The van der Waals surface area contributed by atoms with Crippen LogP contribution in [0.2, 0.25) is 0 Å². The third-order valence-electron chi connectivity index (χ3n) is 5.25. The van der Waals surface area contributed by atoms with Gasteiger partial charge in [0.15, 0.2) is 0 Å². The molecule has 2 aromatic carbocycles. The SMILES string of the molecule is CNCC1CCN(C(=O)c2ccc(C)c(NC(=O)c3ccccc3F)c2)CC1. The van der Waals surface area contributed by atoms with E-state index in [9.17, 15) is 14.0 Å². The van der Waals surface area contributed by atoms with Crippen molar-refractivity contribution in [1.29, 1.82) is 0 Å². The number of aryl methyl sites for hydroxylation is 1. The van der Waals surface area contributed by atoms with Gasteiger partial charge in [0.05, 0.1) is 5.56 Å². The fourth-order valence-electron chi connectivity index (χ4n) is 3.54. The number of benzene rings is 2. The molecule has 1 fully saturated rings. The van der Waals surface area contributed by atoms with E-state index in [-0.39, 0.29) is 11.5 Å². The lowest BCUT2D eigenvalue weighted by Crippen LogP contribution is -2.40. The van der Waals surface area contributed by atoms with Gasteiger partial charge >= 0.3 is 0 Å². The van der Waals surface area contributed by atoms with Crippen LogP contribution in [0.3, 0.4) is 0 Å². The number of nitrogens with one attached hydrogen (secondary N) is 2. The number of piperidine rings is 1. The molecule has 1 aliphatic rings. The first kappa shape index (κ1) is 20.0. The minimum absolute atomic E-state index is 0.0229. The average molecular weight is 383 g/mol. The Morgan fingerprint density at radius 3 is 2.54 bits per heavy atom. The van der Waals surface area contributed by atoms with Crippen molar-refractivity contribution in [2.75, 3.05) is 32.0 Å². The molecule has 0 atom stereocenters. The van der Waals surface area contributed by atoms with Gasteiger partial charge in [-0.2, -0.15) is 0 Å². The molecule has 0 radical (unpaired) electrons. The molecule has 1 heterocycles. The van der Waals surface area contributed by atoms with Crippen molar-refractivity contribution in [3.63, 3.8) is 0 Å². The number of carbonyl (C=O) groups excluding carboxylic acids is 2. The largest absolute Gasteiger partial charge is 0.339 e. The second-order valence-corrected chi connectivity index (χ2v) is 7.26. The van der Waals surface area contributed by atoms with E-state index in [0.717, 1.165) is 38.0 Å². The summed E-state index contributed by atoms with van der Waals surface area (Å²) in [4.78, 5) is 27.2. The standard InChI is InChI=1S/C22H26FN3O2/c1-15-7-8-17(22(28)26-11-9-16(10-12-26)14-24-2)13-20(15)25-21(27)18-5-3-4-6-19(18)23/h3-8,13,16,24H,9-12,14H2,1-2H3,(H,25,27). The Kier molecular flexibility index (Phi) is 6.41. The van der Waals surface area contributed by atoms with Gasteiger partial charge in [0.2, 0.25) is 0 Å². The first-order valence-corrected chi connectivity index (χ1v) is 9.60. The van der Waals surface area contributed by atoms with Gasteiger partial charge in [-0.25, -0.2) is 4.39 Å². The Morgan fingerprint density at radius 2 is 1.86 bits per heavy atom. The lowest BCUT2D eigenvalue weighted by atomic mass is 9.96. The highest BCUT2D eigenvalue weighted by atomic mass is 19.1. The molecule has 2 amide bonds. The molecule has 0 aliphatic carbocycles. The van der Waals surface area contributed by atoms with Crippen molar-refractivity contribution in [3.05, 3.63) is 65.0 Å². The molecule has 0 bridgehead atoms. The smallest absolute Gasteiger partial charge is 0.258 e. The Hall–Kier alpha value is -2.73. The first-order valence-electron chi connectivity index (χ1n) is 9.60. The number of carbonyl (C=O) groups is 2. The van der Waals surface area contributed by atoms with Crippen LogP contribution >= 0.6 is 0 Å². The average Bonchev–Trinajstić information content (AvgIpc) is 2.70. The predicted molar refractivity (Wildman–Crippen MR) is 108 cm³/mol. The summed E-state index contributed by atoms with van der Waals surface area (Å²) < 4.78 is 13.9. The van der Waals surface area contributed by atoms with Crippen molar-refractivity contribution < 1.29 is 14.0 Å². The number of halogens is 1. The molecule has 3 rings (SSSR count). The summed E-state index contributed by atoms with van der Waals surface area (Å²) in [6.07, 6.45) is 1.96. The van der Waals surface area contributed by atoms with Crippen LogP contribution < -0.4 is 10.6 Å². The Bertz CT molecular complexity index is 861. The molecule has 1 aliphatic heterocycles. The Labute approximate surface area is 164 Å². The molecule has 0 unspecified atom stereocenters.